The first-order valence-electron chi connectivity index (χ1n) is 5.13. The minimum absolute atomic E-state index is 0.732. The van der Waals surface area contributed by atoms with E-state index in [1.54, 1.807) is 0 Å². The minimum Gasteiger partial charge on any atom is -0.167 e. The highest BCUT2D eigenvalue weighted by molar-refractivity contribution is 4.48. The summed E-state index contributed by atoms with van der Waals surface area (Å²) in [7, 11) is 0. The summed E-state index contributed by atoms with van der Waals surface area (Å²) in [6.07, 6.45) is 7.15. The molecule has 1 aliphatic rings. The van der Waals surface area contributed by atoms with E-state index in [4.69, 9.17) is 0 Å². The third-order valence-corrected chi connectivity index (χ3v) is 2.01. The summed E-state index contributed by atoms with van der Waals surface area (Å²) in [6, 6.07) is 0. The van der Waals surface area contributed by atoms with Crippen LogP contribution in [0.2, 0.25) is 0 Å². The molecule has 0 aromatic carbocycles. The molecule has 0 bridgehead atoms. The van der Waals surface area contributed by atoms with Crippen molar-refractivity contribution >= 4 is 0 Å². The van der Waals surface area contributed by atoms with Crippen LogP contribution in [0.3, 0.4) is 0 Å². The van der Waals surface area contributed by atoms with Crippen LogP contribution in [0.25, 0.3) is 0 Å². The Bertz CT molecular complexity index is 188. The van der Waals surface area contributed by atoms with Crippen LogP contribution in [0.4, 0.5) is 0 Å². The van der Waals surface area contributed by atoms with Crippen LogP contribution in [-0.2, 0) is 0 Å². The normalized spacial score (nSPS) is 22.9. The van der Waals surface area contributed by atoms with Gasteiger partial charge in [-0.15, -0.1) is 0 Å². The highest BCUT2D eigenvalue weighted by Crippen LogP contribution is 2.06. The Morgan fingerprint density at radius 3 is 1.36 bits per heavy atom. The highest BCUT2D eigenvalue weighted by atomic mass is 15.6. The van der Waals surface area contributed by atoms with Gasteiger partial charge in [-0.2, -0.15) is 10.2 Å². The van der Waals surface area contributed by atoms with E-state index in [2.05, 4.69) is 31.1 Å². The Hall–Kier alpha value is -1.20. The largest absolute Gasteiger partial charge is 0.167 e. The Balaban J connectivity index is 2.27. The van der Waals surface area contributed by atoms with Crippen molar-refractivity contribution in [1.82, 2.24) is 0 Å². The zero-order chi connectivity index (χ0) is 9.90. The van der Waals surface area contributed by atoms with Crippen molar-refractivity contribution < 1.29 is 0 Å². The molecule has 0 saturated carbocycles. The summed E-state index contributed by atoms with van der Waals surface area (Å²) in [4.78, 5) is 0. The molecule has 0 amide bonds. The molecular formula is C8H16N6. The van der Waals surface area contributed by atoms with Crippen molar-refractivity contribution in [2.24, 2.45) is 31.1 Å². The van der Waals surface area contributed by atoms with E-state index in [-0.39, 0.29) is 0 Å². The number of hydrogen-bond donors (Lipinski definition) is 0. The van der Waals surface area contributed by atoms with E-state index in [9.17, 15) is 0 Å². The maximum atomic E-state index is 3.82. The lowest BCUT2D eigenvalue weighted by atomic mass is 10.1. The molecule has 1 heterocycles. The molecule has 78 valence electrons. The SMILES string of the molecule is C1CCCCN=N/N=N\N=NCCC1. The quantitative estimate of drug-likeness (QED) is 0.568. The second kappa shape index (κ2) is 8.40. The van der Waals surface area contributed by atoms with Crippen molar-refractivity contribution in [3.8, 4) is 0 Å². The van der Waals surface area contributed by atoms with Gasteiger partial charge < -0.3 is 0 Å². The van der Waals surface area contributed by atoms with Crippen LogP contribution in [0.1, 0.15) is 38.5 Å². The first-order chi connectivity index (χ1) is 7.00. The van der Waals surface area contributed by atoms with Crippen molar-refractivity contribution in [1.29, 1.82) is 0 Å². The third-order valence-electron chi connectivity index (χ3n) is 2.01. The molecule has 1 aliphatic heterocycles. The average molecular weight is 196 g/mol. The minimum atomic E-state index is 0.732. The molecule has 1 rings (SSSR count). The van der Waals surface area contributed by atoms with Crippen LogP contribution in [0.15, 0.2) is 31.1 Å². The highest BCUT2D eigenvalue weighted by Gasteiger charge is 1.91. The van der Waals surface area contributed by atoms with Crippen LogP contribution in [0, 0.1) is 0 Å². The van der Waals surface area contributed by atoms with Gasteiger partial charge in [0.2, 0.25) is 0 Å². The van der Waals surface area contributed by atoms with Gasteiger partial charge in [0.1, 0.15) is 0 Å². The fraction of sp³-hybridized carbons (Fsp3) is 1.00. The second-order valence-corrected chi connectivity index (χ2v) is 3.21. The van der Waals surface area contributed by atoms with E-state index in [0.717, 1.165) is 25.9 Å². The predicted molar refractivity (Wildman–Crippen MR) is 52.0 cm³/mol. The Labute approximate surface area is 83.6 Å². The lowest BCUT2D eigenvalue weighted by molar-refractivity contribution is 0.587. The first-order valence-corrected chi connectivity index (χ1v) is 5.13. The standard InChI is InChI=1S/C8H16N6/c1-2-4-6-8-10-12-14-13-11-9-7-5-3-1/h1-8H2/b11-9?,12-10?,14-13-. The number of nitrogens with zero attached hydrogens (tertiary/aromatic N) is 6. The molecule has 0 spiro atoms. The van der Waals surface area contributed by atoms with Crippen LogP contribution >= 0.6 is 0 Å². The third kappa shape index (κ3) is 6.33. The maximum absolute atomic E-state index is 3.82. The predicted octanol–water partition coefficient (Wildman–Crippen LogP) is 3.53. The van der Waals surface area contributed by atoms with E-state index < -0.39 is 0 Å². The second-order valence-electron chi connectivity index (χ2n) is 3.21. The fourth-order valence-corrected chi connectivity index (χ4v) is 1.25. The van der Waals surface area contributed by atoms with Gasteiger partial charge in [0.25, 0.3) is 0 Å². The van der Waals surface area contributed by atoms with Gasteiger partial charge in [0.05, 0.1) is 13.1 Å². The molecule has 0 atom stereocenters. The van der Waals surface area contributed by atoms with Crippen LogP contribution < -0.4 is 0 Å². The van der Waals surface area contributed by atoms with Gasteiger partial charge in [-0.1, -0.05) is 25.7 Å². The summed E-state index contributed by atoms with van der Waals surface area (Å²) in [6.45, 7) is 1.46. The summed E-state index contributed by atoms with van der Waals surface area (Å²) in [5.74, 6) is 0. The molecule has 0 aromatic rings. The molecule has 0 radical (unpaired) electrons. The first kappa shape index (κ1) is 10.9. The summed E-state index contributed by atoms with van der Waals surface area (Å²) in [5.41, 5.74) is 0. The lowest BCUT2D eigenvalue weighted by Crippen LogP contribution is -1.84. The molecule has 0 aliphatic carbocycles. The van der Waals surface area contributed by atoms with Gasteiger partial charge in [-0.25, -0.2) is 0 Å². The molecule has 0 N–H and O–H groups in total. The van der Waals surface area contributed by atoms with Gasteiger partial charge in [0, 0.05) is 0 Å². The molecule has 6 nitrogen and oxygen atoms in total. The number of hydrogen-bond acceptors (Lipinski definition) is 6. The van der Waals surface area contributed by atoms with Crippen LogP contribution in [0.5, 0.6) is 0 Å². The molecule has 0 fully saturated rings. The molecule has 14 heavy (non-hydrogen) atoms. The molecule has 6 heteroatoms. The Morgan fingerprint density at radius 2 is 0.857 bits per heavy atom. The Morgan fingerprint density at radius 1 is 0.429 bits per heavy atom. The lowest BCUT2D eigenvalue weighted by Gasteiger charge is -1.98. The smallest absolute Gasteiger partial charge is 0.0621 e. The molecule has 0 saturated heterocycles. The van der Waals surface area contributed by atoms with Gasteiger partial charge in [-0.05, 0) is 33.7 Å². The zero-order valence-electron chi connectivity index (χ0n) is 8.34. The monoisotopic (exact) mass is 196 g/mol. The van der Waals surface area contributed by atoms with E-state index in [1.807, 2.05) is 0 Å². The summed E-state index contributed by atoms with van der Waals surface area (Å²) >= 11 is 0. The Kier molecular flexibility index (Phi) is 6.53. The van der Waals surface area contributed by atoms with Crippen molar-refractivity contribution in [3.63, 3.8) is 0 Å². The van der Waals surface area contributed by atoms with Crippen LogP contribution in [-0.4, -0.2) is 13.1 Å². The molecule has 0 aromatic heterocycles. The molecule has 0 unspecified atom stereocenters. The van der Waals surface area contributed by atoms with E-state index >= 15 is 0 Å². The molecular weight excluding hydrogens is 180 g/mol. The van der Waals surface area contributed by atoms with Crippen molar-refractivity contribution in [2.45, 2.75) is 38.5 Å². The summed E-state index contributed by atoms with van der Waals surface area (Å²) < 4.78 is 0. The topological polar surface area (TPSA) is 74.2 Å². The van der Waals surface area contributed by atoms with Gasteiger partial charge >= 0.3 is 0 Å². The number of rotatable bonds is 0. The zero-order valence-corrected chi connectivity index (χ0v) is 8.34. The summed E-state index contributed by atoms with van der Waals surface area (Å²) in [5, 5.41) is 21.4. The van der Waals surface area contributed by atoms with E-state index in [0.29, 0.717) is 0 Å². The van der Waals surface area contributed by atoms with Crippen molar-refractivity contribution in [2.75, 3.05) is 13.1 Å². The van der Waals surface area contributed by atoms with E-state index in [1.165, 1.54) is 25.7 Å². The van der Waals surface area contributed by atoms with Crippen molar-refractivity contribution in [3.05, 3.63) is 0 Å². The maximum Gasteiger partial charge on any atom is 0.0621 e. The van der Waals surface area contributed by atoms with Gasteiger partial charge in [0.15, 0.2) is 0 Å². The fourth-order valence-electron chi connectivity index (χ4n) is 1.25. The van der Waals surface area contributed by atoms with Gasteiger partial charge in [-0.3, -0.25) is 0 Å². The average Bonchev–Trinajstić information content (AvgIpc) is 2.22.